The van der Waals surface area contributed by atoms with Crippen molar-refractivity contribution in [2.75, 3.05) is 23.1 Å². The third kappa shape index (κ3) is 5.79. The molecule has 30 heavy (non-hydrogen) atoms. The summed E-state index contributed by atoms with van der Waals surface area (Å²) >= 11 is 5.83. The number of amides is 1. The van der Waals surface area contributed by atoms with E-state index >= 15 is 0 Å². The largest absolute Gasteiger partial charge is 0.407 e. The van der Waals surface area contributed by atoms with E-state index in [1.165, 1.54) is 24.3 Å². The number of hydrazine groups is 1. The Labute approximate surface area is 178 Å². The highest BCUT2D eigenvalue weighted by Crippen LogP contribution is 2.44. The molecule has 1 aromatic carbocycles. The van der Waals surface area contributed by atoms with Gasteiger partial charge in [0.15, 0.2) is 15.4 Å². The Bertz CT molecular complexity index is 937. The highest BCUT2D eigenvalue weighted by molar-refractivity contribution is 7.91. The van der Waals surface area contributed by atoms with Crippen molar-refractivity contribution in [2.24, 2.45) is 5.92 Å². The van der Waals surface area contributed by atoms with Crippen LogP contribution in [0.15, 0.2) is 24.3 Å². The molecule has 0 unspecified atom stereocenters. The first-order valence-electron chi connectivity index (χ1n) is 9.49. The van der Waals surface area contributed by atoms with Crippen LogP contribution in [0.5, 0.6) is 0 Å². The van der Waals surface area contributed by atoms with E-state index in [0.717, 1.165) is 17.9 Å². The summed E-state index contributed by atoms with van der Waals surface area (Å²) in [5, 5.41) is 11.4. The summed E-state index contributed by atoms with van der Waals surface area (Å²) in [7, 11) is -3.50. The minimum atomic E-state index is -4.66. The number of rotatable bonds is 9. The number of sulfone groups is 1. The van der Waals surface area contributed by atoms with Gasteiger partial charge in [0.1, 0.15) is 6.54 Å². The van der Waals surface area contributed by atoms with Crippen molar-refractivity contribution >= 4 is 33.0 Å². The predicted octanol–water partition coefficient (Wildman–Crippen LogP) is 3.72. The average molecular weight is 464 g/mol. The van der Waals surface area contributed by atoms with Crippen molar-refractivity contribution in [3.63, 3.8) is 0 Å². The zero-order valence-corrected chi connectivity index (χ0v) is 17.6. The first-order chi connectivity index (χ1) is 13.9. The quantitative estimate of drug-likeness (QED) is 0.521. The first-order valence-corrected chi connectivity index (χ1v) is 11.7. The van der Waals surface area contributed by atoms with Crippen molar-refractivity contribution in [1.29, 1.82) is 5.26 Å². The maximum Gasteiger partial charge on any atom is 0.407 e. The molecule has 0 heterocycles. The highest BCUT2D eigenvalue weighted by atomic mass is 35.5. The number of carbonyl (C=O) groups excluding carboxylic acids is 1. The Hall–Kier alpha value is -1.99. The van der Waals surface area contributed by atoms with E-state index in [2.05, 4.69) is 0 Å². The van der Waals surface area contributed by atoms with E-state index in [4.69, 9.17) is 11.6 Å². The Balaban J connectivity index is 1.88. The fraction of sp³-hybridized carbons (Fsp3) is 0.579. The van der Waals surface area contributed by atoms with Gasteiger partial charge >= 0.3 is 6.18 Å². The lowest BCUT2D eigenvalue weighted by Crippen LogP contribution is -2.56. The van der Waals surface area contributed by atoms with Crippen LogP contribution in [0.3, 0.4) is 0 Å². The van der Waals surface area contributed by atoms with Crippen LogP contribution >= 0.6 is 11.6 Å². The van der Waals surface area contributed by atoms with E-state index in [1.54, 1.807) is 0 Å². The molecule has 0 spiro atoms. The fourth-order valence-electron chi connectivity index (χ4n) is 3.23. The van der Waals surface area contributed by atoms with Gasteiger partial charge in [0.2, 0.25) is 5.91 Å². The molecule has 2 fully saturated rings. The zero-order chi connectivity index (χ0) is 22.2. The second-order valence-electron chi connectivity index (χ2n) is 7.81. The number of benzene rings is 1. The molecule has 6 nitrogen and oxygen atoms in total. The van der Waals surface area contributed by atoms with Crippen molar-refractivity contribution in [1.82, 2.24) is 5.01 Å². The lowest BCUT2D eigenvalue weighted by molar-refractivity contribution is -0.142. The normalized spacial score (nSPS) is 17.8. The highest BCUT2D eigenvalue weighted by Gasteiger charge is 2.55. The Morgan fingerprint density at radius 2 is 1.83 bits per heavy atom. The van der Waals surface area contributed by atoms with Gasteiger partial charge in [0.05, 0.1) is 23.3 Å². The Morgan fingerprint density at radius 3 is 2.30 bits per heavy atom. The molecule has 0 aliphatic heterocycles. The summed E-state index contributed by atoms with van der Waals surface area (Å²) in [6, 6.07) is 7.36. The van der Waals surface area contributed by atoms with Gasteiger partial charge in [-0.25, -0.2) is 13.4 Å². The molecule has 2 saturated carbocycles. The number of hydrogen-bond donors (Lipinski definition) is 0. The molecule has 164 valence electrons. The SMILES string of the molecule is N#CC1(N(C(=O)CCS(=O)(=O)CC2CC2)N(CC(F)(F)F)c2ccc(Cl)cc2)CC1. The summed E-state index contributed by atoms with van der Waals surface area (Å²) in [5.74, 6) is -1.20. The standard InChI is InChI=1S/C19H21ClF3N3O3S/c20-15-3-5-16(6-4-15)25(13-19(21,22)23)26(18(12-24)8-9-18)17(27)7-10-30(28,29)11-14-1-2-14/h3-6,14H,1-2,7-11,13H2. The minimum absolute atomic E-state index is 0.0207. The van der Waals surface area contributed by atoms with Crippen LogP contribution in [-0.4, -0.2) is 49.1 Å². The van der Waals surface area contributed by atoms with Crippen LogP contribution in [0, 0.1) is 17.2 Å². The summed E-state index contributed by atoms with van der Waals surface area (Å²) in [4.78, 5) is 13.0. The van der Waals surface area contributed by atoms with Gasteiger partial charge in [-0.3, -0.25) is 9.80 Å². The molecule has 2 aliphatic rings. The van der Waals surface area contributed by atoms with Gasteiger partial charge < -0.3 is 0 Å². The van der Waals surface area contributed by atoms with E-state index < -0.39 is 46.2 Å². The van der Waals surface area contributed by atoms with Gasteiger partial charge in [-0.15, -0.1) is 0 Å². The third-order valence-electron chi connectivity index (χ3n) is 5.08. The second-order valence-corrected chi connectivity index (χ2v) is 10.5. The molecule has 0 bridgehead atoms. The number of hydrogen-bond acceptors (Lipinski definition) is 5. The fourth-order valence-corrected chi connectivity index (χ4v) is 5.06. The van der Waals surface area contributed by atoms with E-state index in [9.17, 15) is 31.6 Å². The third-order valence-corrected chi connectivity index (χ3v) is 7.14. The van der Waals surface area contributed by atoms with Gasteiger partial charge in [0, 0.05) is 11.4 Å². The molecule has 0 atom stereocenters. The topological polar surface area (TPSA) is 81.5 Å². The molecular formula is C19H21ClF3N3O3S. The molecular weight excluding hydrogens is 443 g/mol. The van der Waals surface area contributed by atoms with Crippen LogP contribution < -0.4 is 5.01 Å². The van der Waals surface area contributed by atoms with E-state index in [-0.39, 0.29) is 30.2 Å². The summed E-state index contributed by atoms with van der Waals surface area (Å²) < 4.78 is 64.5. The van der Waals surface area contributed by atoms with Crippen LogP contribution in [-0.2, 0) is 14.6 Å². The molecule has 0 N–H and O–H groups in total. The molecule has 11 heteroatoms. The second kappa shape index (κ2) is 8.27. The summed E-state index contributed by atoms with van der Waals surface area (Å²) in [6.07, 6.45) is -3.07. The first kappa shape index (κ1) is 22.7. The lowest BCUT2D eigenvalue weighted by atomic mass is 10.2. The number of anilines is 1. The molecule has 3 rings (SSSR count). The molecule has 0 radical (unpaired) electrons. The number of carbonyl (C=O) groups is 1. The van der Waals surface area contributed by atoms with Crippen LogP contribution in [0.1, 0.15) is 32.1 Å². The monoisotopic (exact) mass is 463 g/mol. The zero-order valence-electron chi connectivity index (χ0n) is 16.0. The maximum absolute atomic E-state index is 13.3. The number of halogens is 4. The molecule has 1 amide bonds. The van der Waals surface area contributed by atoms with Crippen molar-refractivity contribution < 1.29 is 26.4 Å². The molecule has 0 aromatic heterocycles. The van der Waals surface area contributed by atoms with Gasteiger partial charge in [-0.05, 0) is 55.9 Å². The van der Waals surface area contributed by atoms with Crippen molar-refractivity contribution in [3.8, 4) is 6.07 Å². The number of alkyl halides is 3. The van der Waals surface area contributed by atoms with Gasteiger partial charge in [0.25, 0.3) is 0 Å². The van der Waals surface area contributed by atoms with Gasteiger partial charge in [-0.1, -0.05) is 11.6 Å². The minimum Gasteiger partial charge on any atom is -0.273 e. The smallest absolute Gasteiger partial charge is 0.273 e. The number of nitriles is 1. The Kier molecular flexibility index (Phi) is 6.25. The van der Waals surface area contributed by atoms with E-state index in [1.807, 2.05) is 6.07 Å². The van der Waals surface area contributed by atoms with Crippen LogP contribution in [0.25, 0.3) is 0 Å². The lowest BCUT2D eigenvalue weighted by Gasteiger charge is -2.40. The van der Waals surface area contributed by atoms with E-state index in [0.29, 0.717) is 10.0 Å². The van der Waals surface area contributed by atoms with Crippen molar-refractivity contribution in [3.05, 3.63) is 29.3 Å². The summed E-state index contributed by atoms with van der Waals surface area (Å²) in [5.41, 5.74) is -1.38. The predicted molar refractivity (Wildman–Crippen MR) is 105 cm³/mol. The van der Waals surface area contributed by atoms with Gasteiger partial charge in [-0.2, -0.15) is 18.4 Å². The summed E-state index contributed by atoms with van der Waals surface area (Å²) in [6.45, 7) is -1.50. The molecule has 1 aromatic rings. The maximum atomic E-state index is 13.3. The average Bonchev–Trinajstić information content (AvgIpc) is 3.56. The molecule has 2 aliphatic carbocycles. The molecule has 0 saturated heterocycles. The number of nitrogens with zero attached hydrogens (tertiary/aromatic N) is 3. The van der Waals surface area contributed by atoms with Crippen LogP contribution in [0.2, 0.25) is 5.02 Å². The van der Waals surface area contributed by atoms with Crippen LogP contribution in [0.4, 0.5) is 18.9 Å². The van der Waals surface area contributed by atoms with Crippen molar-refractivity contribution in [2.45, 2.75) is 43.8 Å². The Morgan fingerprint density at radius 1 is 1.23 bits per heavy atom.